The first kappa shape index (κ1) is 8.61. The molecule has 2 N–H and O–H groups in total. The minimum Gasteiger partial charge on any atom is -0.382 e. The number of carbonyl (C=O) groups is 1. The lowest BCUT2D eigenvalue weighted by Crippen LogP contribution is -2.28. The molecule has 0 saturated carbocycles. The van der Waals surface area contributed by atoms with E-state index in [2.05, 4.69) is 15.1 Å². The van der Waals surface area contributed by atoms with Crippen LogP contribution in [0.2, 0.25) is 0 Å². The summed E-state index contributed by atoms with van der Waals surface area (Å²) in [6.07, 6.45) is 4.35. The van der Waals surface area contributed by atoms with Crippen LogP contribution in [0.25, 0.3) is 0 Å². The predicted octanol–water partition coefficient (Wildman–Crippen LogP) is -0.545. The highest BCUT2D eigenvalue weighted by atomic mass is 16.6. The third kappa shape index (κ3) is 1.54. The van der Waals surface area contributed by atoms with Gasteiger partial charge in [0.1, 0.15) is 11.4 Å². The van der Waals surface area contributed by atoms with Crippen LogP contribution < -0.4 is 5.73 Å². The van der Waals surface area contributed by atoms with E-state index in [9.17, 15) is 4.79 Å². The van der Waals surface area contributed by atoms with Crippen molar-refractivity contribution in [1.82, 2.24) is 9.97 Å². The van der Waals surface area contributed by atoms with Crippen LogP contribution in [0.15, 0.2) is 23.7 Å². The fraction of sp³-hybridized carbons (Fsp3) is 0.250. The molecular formula is C8H8N4O2. The minimum atomic E-state index is -0.674. The molecular weight excluding hydrogens is 184 g/mol. The molecule has 1 aromatic heterocycles. The number of rotatable bonds is 2. The number of amides is 1. The van der Waals surface area contributed by atoms with Crippen molar-refractivity contribution in [2.75, 3.05) is 0 Å². The molecule has 6 nitrogen and oxygen atoms in total. The first-order valence-electron chi connectivity index (χ1n) is 4.06. The molecule has 1 unspecified atom stereocenters. The maximum Gasteiger partial charge on any atom is 0.261 e. The Hall–Kier alpha value is -1.98. The molecule has 2 rings (SSSR count). The lowest BCUT2D eigenvalue weighted by molar-refractivity contribution is -0.127. The van der Waals surface area contributed by atoms with Gasteiger partial charge in [-0.2, -0.15) is 0 Å². The standard InChI is InChI=1S/C8H8N4O2/c9-8(13)7-3-5(12-14-7)6-4-10-1-2-11-6/h1-2,4,7H,3H2,(H2,9,13). The Morgan fingerprint density at radius 1 is 1.57 bits per heavy atom. The van der Waals surface area contributed by atoms with E-state index in [1.807, 2.05) is 0 Å². The van der Waals surface area contributed by atoms with Crippen LogP contribution in [0.1, 0.15) is 12.1 Å². The van der Waals surface area contributed by atoms with E-state index < -0.39 is 12.0 Å². The average molecular weight is 192 g/mol. The molecule has 1 aliphatic heterocycles. The zero-order valence-electron chi connectivity index (χ0n) is 7.25. The van der Waals surface area contributed by atoms with Crippen molar-refractivity contribution in [3.63, 3.8) is 0 Å². The number of nitrogens with two attached hydrogens (primary N) is 1. The van der Waals surface area contributed by atoms with E-state index in [0.717, 1.165) is 0 Å². The molecule has 0 saturated heterocycles. The zero-order valence-corrected chi connectivity index (χ0v) is 7.25. The summed E-state index contributed by atoms with van der Waals surface area (Å²) in [5.74, 6) is -0.521. The molecule has 1 aliphatic rings. The van der Waals surface area contributed by atoms with E-state index >= 15 is 0 Å². The van der Waals surface area contributed by atoms with Crippen LogP contribution in [0.5, 0.6) is 0 Å². The number of aromatic nitrogens is 2. The van der Waals surface area contributed by atoms with Crippen molar-refractivity contribution in [1.29, 1.82) is 0 Å². The van der Waals surface area contributed by atoms with Crippen LogP contribution in [0.3, 0.4) is 0 Å². The molecule has 0 aromatic carbocycles. The molecule has 0 aliphatic carbocycles. The third-order valence-electron chi connectivity index (χ3n) is 1.85. The average Bonchev–Trinajstić information content (AvgIpc) is 2.68. The van der Waals surface area contributed by atoms with Crippen LogP contribution >= 0.6 is 0 Å². The van der Waals surface area contributed by atoms with Gasteiger partial charge in [0.25, 0.3) is 5.91 Å². The number of oxime groups is 1. The summed E-state index contributed by atoms with van der Waals surface area (Å²) >= 11 is 0. The second kappa shape index (κ2) is 3.41. The topological polar surface area (TPSA) is 90.5 Å². The quantitative estimate of drug-likeness (QED) is 0.680. The maximum absolute atomic E-state index is 10.8. The maximum atomic E-state index is 10.8. The summed E-state index contributed by atoms with van der Waals surface area (Å²) in [4.78, 5) is 23.5. The van der Waals surface area contributed by atoms with Gasteiger partial charge in [0.05, 0.1) is 6.20 Å². The second-order valence-corrected chi connectivity index (χ2v) is 2.83. The first-order chi connectivity index (χ1) is 6.77. The summed E-state index contributed by atoms with van der Waals surface area (Å²) < 4.78 is 0. The Balaban J connectivity index is 2.13. The molecule has 1 aromatic rings. The summed E-state index contributed by atoms with van der Waals surface area (Å²) in [6.45, 7) is 0. The van der Waals surface area contributed by atoms with Gasteiger partial charge < -0.3 is 10.6 Å². The number of primary amides is 1. The Morgan fingerprint density at radius 3 is 3.00 bits per heavy atom. The lowest BCUT2D eigenvalue weighted by atomic mass is 10.1. The van der Waals surface area contributed by atoms with Crippen molar-refractivity contribution in [3.05, 3.63) is 24.3 Å². The van der Waals surface area contributed by atoms with Crippen molar-refractivity contribution in [2.24, 2.45) is 10.9 Å². The second-order valence-electron chi connectivity index (χ2n) is 2.83. The van der Waals surface area contributed by atoms with Gasteiger partial charge in [-0.3, -0.25) is 14.8 Å². The largest absolute Gasteiger partial charge is 0.382 e. The van der Waals surface area contributed by atoms with Gasteiger partial charge in [0, 0.05) is 18.8 Å². The first-order valence-corrected chi connectivity index (χ1v) is 4.06. The highest BCUT2D eigenvalue weighted by molar-refractivity contribution is 6.02. The van der Waals surface area contributed by atoms with Crippen LogP contribution in [-0.4, -0.2) is 27.7 Å². The minimum absolute atomic E-state index is 0.355. The normalized spacial score (nSPS) is 20.0. The van der Waals surface area contributed by atoms with Gasteiger partial charge in [-0.25, -0.2) is 0 Å². The van der Waals surface area contributed by atoms with Gasteiger partial charge in [0.15, 0.2) is 0 Å². The fourth-order valence-corrected chi connectivity index (χ4v) is 1.13. The van der Waals surface area contributed by atoms with Gasteiger partial charge >= 0.3 is 0 Å². The summed E-state index contributed by atoms with van der Waals surface area (Å²) in [5, 5.41) is 3.72. The molecule has 0 bridgehead atoms. The highest BCUT2D eigenvalue weighted by Gasteiger charge is 2.27. The van der Waals surface area contributed by atoms with Crippen molar-refractivity contribution >= 4 is 11.6 Å². The summed E-state index contributed by atoms with van der Waals surface area (Å²) in [5.41, 5.74) is 6.27. The number of carbonyl (C=O) groups excluding carboxylic acids is 1. The van der Waals surface area contributed by atoms with Crippen LogP contribution in [-0.2, 0) is 9.63 Å². The fourth-order valence-electron chi connectivity index (χ4n) is 1.13. The Labute approximate surface area is 79.8 Å². The van der Waals surface area contributed by atoms with E-state index in [1.54, 1.807) is 18.6 Å². The molecule has 0 fully saturated rings. The Kier molecular flexibility index (Phi) is 2.10. The molecule has 2 heterocycles. The summed E-state index contributed by atoms with van der Waals surface area (Å²) in [6, 6.07) is 0. The van der Waals surface area contributed by atoms with Crippen LogP contribution in [0, 0.1) is 0 Å². The molecule has 14 heavy (non-hydrogen) atoms. The van der Waals surface area contributed by atoms with Gasteiger partial charge in [0.2, 0.25) is 6.10 Å². The van der Waals surface area contributed by atoms with Crippen molar-refractivity contribution in [2.45, 2.75) is 12.5 Å². The smallest absolute Gasteiger partial charge is 0.261 e. The Morgan fingerprint density at radius 2 is 2.43 bits per heavy atom. The third-order valence-corrected chi connectivity index (χ3v) is 1.85. The number of nitrogens with zero attached hydrogens (tertiary/aromatic N) is 3. The number of hydrogen-bond acceptors (Lipinski definition) is 5. The molecule has 1 amide bonds. The summed E-state index contributed by atoms with van der Waals surface area (Å²) in [7, 11) is 0. The van der Waals surface area contributed by atoms with E-state index in [4.69, 9.17) is 10.6 Å². The molecule has 0 spiro atoms. The van der Waals surface area contributed by atoms with Crippen LogP contribution in [0.4, 0.5) is 0 Å². The van der Waals surface area contributed by atoms with Gasteiger partial charge in [-0.1, -0.05) is 5.16 Å². The van der Waals surface area contributed by atoms with Crippen molar-refractivity contribution in [3.8, 4) is 0 Å². The molecule has 1 atom stereocenters. The predicted molar refractivity (Wildman–Crippen MR) is 47.3 cm³/mol. The van der Waals surface area contributed by atoms with Gasteiger partial charge in [-0.05, 0) is 0 Å². The monoisotopic (exact) mass is 192 g/mol. The molecule has 72 valence electrons. The number of hydrogen-bond donors (Lipinski definition) is 1. The zero-order chi connectivity index (χ0) is 9.97. The molecule has 6 heteroatoms. The van der Waals surface area contributed by atoms with E-state index in [-0.39, 0.29) is 0 Å². The molecule has 0 radical (unpaired) electrons. The highest BCUT2D eigenvalue weighted by Crippen LogP contribution is 2.13. The lowest BCUT2D eigenvalue weighted by Gasteiger charge is -2.00. The van der Waals surface area contributed by atoms with Gasteiger partial charge in [-0.15, -0.1) is 0 Å². The van der Waals surface area contributed by atoms with E-state index in [1.165, 1.54) is 0 Å². The van der Waals surface area contributed by atoms with Crippen molar-refractivity contribution < 1.29 is 9.63 Å². The Bertz CT molecular complexity index is 376. The SMILES string of the molecule is NC(=O)C1CC(c2cnccn2)=NO1. The van der Waals surface area contributed by atoms with E-state index in [0.29, 0.717) is 17.8 Å².